The molecule has 0 aliphatic carbocycles. The summed E-state index contributed by atoms with van der Waals surface area (Å²) in [5.41, 5.74) is 5.10. The zero-order valence-corrected chi connectivity index (χ0v) is 12.4. The maximum absolute atomic E-state index is 13.1. The summed E-state index contributed by atoms with van der Waals surface area (Å²) in [6.45, 7) is 3.17. The lowest BCUT2D eigenvalue weighted by Crippen LogP contribution is -2.32. The van der Waals surface area contributed by atoms with Crippen LogP contribution in [-0.2, 0) is 10.9 Å². The van der Waals surface area contributed by atoms with E-state index in [-0.39, 0.29) is 17.8 Å². The van der Waals surface area contributed by atoms with Gasteiger partial charge in [-0.3, -0.25) is 0 Å². The van der Waals surface area contributed by atoms with Crippen LogP contribution < -0.4 is 15.4 Å². The van der Waals surface area contributed by atoms with E-state index in [0.717, 1.165) is 6.07 Å². The van der Waals surface area contributed by atoms with Crippen LogP contribution in [0.2, 0.25) is 0 Å². The number of halogens is 3. The number of anilines is 1. The summed E-state index contributed by atoms with van der Waals surface area (Å²) >= 11 is 0. The highest BCUT2D eigenvalue weighted by Gasteiger charge is 2.35. The summed E-state index contributed by atoms with van der Waals surface area (Å²) in [7, 11) is 1.22. The molecule has 122 valence electrons. The smallest absolute Gasteiger partial charge is 0.420 e. The molecule has 0 saturated heterocycles. The minimum Gasteiger partial charge on any atom is -0.496 e. The molecular formula is C14H18F3N3O2. The molecule has 0 aromatic heterocycles. The Labute approximate surface area is 126 Å². The number of hydrogen-bond donors (Lipinski definition) is 1. The topological polar surface area (TPSA) is 60.1 Å². The van der Waals surface area contributed by atoms with Crippen molar-refractivity contribution < 1.29 is 22.6 Å². The van der Waals surface area contributed by atoms with E-state index in [2.05, 4.69) is 4.99 Å². The Balaban J connectivity index is 2.25. The fraction of sp³-hybridized carbons (Fsp3) is 0.500. The van der Waals surface area contributed by atoms with Crippen LogP contribution in [0.3, 0.4) is 0 Å². The first-order valence-corrected chi connectivity index (χ1v) is 6.81. The molecule has 1 aromatic rings. The third-order valence-electron chi connectivity index (χ3n) is 3.40. The normalized spacial score (nSPS) is 17.9. The van der Waals surface area contributed by atoms with Crippen molar-refractivity contribution in [3.63, 3.8) is 0 Å². The fourth-order valence-electron chi connectivity index (χ4n) is 2.32. The third kappa shape index (κ3) is 3.55. The zero-order chi connectivity index (χ0) is 16.3. The van der Waals surface area contributed by atoms with Crippen LogP contribution in [0, 0.1) is 0 Å². The van der Waals surface area contributed by atoms with Crippen molar-refractivity contribution in [3.8, 4) is 5.75 Å². The summed E-state index contributed by atoms with van der Waals surface area (Å²) in [5.74, 6) is -0.196. The summed E-state index contributed by atoms with van der Waals surface area (Å²) in [4.78, 5) is 5.89. The monoisotopic (exact) mass is 317 g/mol. The first kappa shape index (κ1) is 16.3. The average molecular weight is 317 g/mol. The van der Waals surface area contributed by atoms with Gasteiger partial charge in [0.15, 0.2) is 0 Å². The molecule has 0 saturated carbocycles. The van der Waals surface area contributed by atoms with Crippen LogP contribution in [0.25, 0.3) is 0 Å². The Kier molecular flexibility index (Phi) is 4.68. The van der Waals surface area contributed by atoms with Gasteiger partial charge in [0.25, 0.3) is 6.02 Å². The molecule has 0 radical (unpaired) electrons. The van der Waals surface area contributed by atoms with Crippen LogP contribution in [0.1, 0.15) is 12.5 Å². The molecule has 5 nitrogen and oxygen atoms in total. The highest BCUT2D eigenvalue weighted by molar-refractivity contribution is 5.73. The van der Waals surface area contributed by atoms with Gasteiger partial charge in [-0.1, -0.05) is 0 Å². The number of aliphatic imine (C=N–C) groups is 1. The number of amidine groups is 1. The maximum atomic E-state index is 13.1. The predicted octanol–water partition coefficient (Wildman–Crippen LogP) is 2.25. The van der Waals surface area contributed by atoms with Gasteiger partial charge in [-0.25, -0.2) is 4.99 Å². The lowest BCUT2D eigenvalue weighted by Gasteiger charge is -2.26. The van der Waals surface area contributed by atoms with E-state index in [4.69, 9.17) is 15.2 Å². The maximum Gasteiger partial charge on any atom is 0.420 e. The van der Waals surface area contributed by atoms with Crippen molar-refractivity contribution in [2.45, 2.75) is 19.1 Å². The van der Waals surface area contributed by atoms with Gasteiger partial charge in [-0.2, -0.15) is 13.2 Å². The quantitative estimate of drug-likeness (QED) is 0.905. The van der Waals surface area contributed by atoms with Crippen molar-refractivity contribution in [2.24, 2.45) is 10.7 Å². The SMILES string of the molecule is CCN(CC1COC(N)=N1)c1ccc(OC)c(C(F)(F)F)c1. The van der Waals surface area contributed by atoms with Crippen LogP contribution in [0.15, 0.2) is 23.2 Å². The van der Waals surface area contributed by atoms with Crippen molar-refractivity contribution in [2.75, 3.05) is 31.7 Å². The van der Waals surface area contributed by atoms with Gasteiger partial charge in [0.1, 0.15) is 18.4 Å². The number of rotatable bonds is 5. The van der Waals surface area contributed by atoms with Crippen LogP contribution in [0.4, 0.5) is 18.9 Å². The van der Waals surface area contributed by atoms with Gasteiger partial charge < -0.3 is 20.1 Å². The van der Waals surface area contributed by atoms with Gasteiger partial charge in [-0.05, 0) is 25.1 Å². The third-order valence-corrected chi connectivity index (χ3v) is 3.40. The van der Waals surface area contributed by atoms with Crippen molar-refractivity contribution in [1.82, 2.24) is 0 Å². The molecular weight excluding hydrogens is 299 g/mol. The van der Waals surface area contributed by atoms with E-state index in [9.17, 15) is 13.2 Å². The predicted molar refractivity (Wildman–Crippen MR) is 77.2 cm³/mol. The highest BCUT2D eigenvalue weighted by Crippen LogP contribution is 2.38. The van der Waals surface area contributed by atoms with Gasteiger partial charge in [-0.15, -0.1) is 0 Å². The number of methoxy groups -OCH3 is 1. The van der Waals surface area contributed by atoms with Crippen molar-refractivity contribution in [3.05, 3.63) is 23.8 Å². The molecule has 1 unspecified atom stereocenters. The number of nitrogens with two attached hydrogens (primary N) is 1. The molecule has 1 aromatic carbocycles. The molecule has 2 rings (SSSR count). The second-order valence-electron chi connectivity index (χ2n) is 4.85. The number of hydrogen-bond acceptors (Lipinski definition) is 5. The minimum absolute atomic E-state index is 0.117. The Morgan fingerprint density at radius 2 is 2.18 bits per heavy atom. The van der Waals surface area contributed by atoms with E-state index in [1.165, 1.54) is 13.2 Å². The van der Waals surface area contributed by atoms with Gasteiger partial charge in [0.2, 0.25) is 0 Å². The van der Waals surface area contributed by atoms with Gasteiger partial charge >= 0.3 is 6.18 Å². The first-order chi connectivity index (χ1) is 10.3. The summed E-state index contributed by atoms with van der Waals surface area (Å²) < 4.78 is 49.1. The molecule has 8 heteroatoms. The first-order valence-electron chi connectivity index (χ1n) is 6.81. The average Bonchev–Trinajstić information content (AvgIpc) is 2.88. The number of ether oxygens (including phenoxy) is 2. The zero-order valence-electron chi connectivity index (χ0n) is 12.4. The molecule has 1 atom stereocenters. The lowest BCUT2D eigenvalue weighted by atomic mass is 10.1. The number of likely N-dealkylation sites (N-methyl/N-ethyl adjacent to an activating group) is 1. The van der Waals surface area contributed by atoms with E-state index >= 15 is 0 Å². The number of benzene rings is 1. The Morgan fingerprint density at radius 3 is 2.68 bits per heavy atom. The molecule has 0 amide bonds. The minimum atomic E-state index is -4.47. The van der Waals surface area contributed by atoms with E-state index in [1.807, 2.05) is 6.92 Å². The number of nitrogens with zero attached hydrogens (tertiary/aromatic N) is 2. The van der Waals surface area contributed by atoms with Crippen molar-refractivity contribution in [1.29, 1.82) is 0 Å². The summed E-state index contributed by atoms with van der Waals surface area (Å²) in [6, 6.07) is 3.94. The second-order valence-corrected chi connectivity index (χ2v) is 4.85. The Bertz CT molecular complexity index is 561. The molecule has 0 bridgehead atoms. The Hall–Kier alpha value is -2.12. The van der Waals surface area contributed by atoms with Crippen molar-refractivity contribution >= 4 is 11.7 Å². The summed E-state index contributed by atoms with van der Waals surface area (Å²) in [5, 5.41) is 0. The van der Waals surface area contributed by atoms with E-state index in [0.29, 0.717) is 25.4 Å². The molecule has 0 spiro atoms. The molecule has 2 N–H and O–H groups in total. The summed E-state index contributed by atoms with van der Waals surface area (Å²) in [6.07, 6.45) is -4.47. The largest absolute Gasteiger partial charge is 0.496 e. The molecule has 0 fully saturated rings. The van der Waals surface area contributed by atoms with E-state index < -0.39 is 11.7 Å². The second kappa shape index (κ2) is 6.33. The molecule has 1 aliphatic rings. The van der Waals surface area contributed by atoms with Crippen LogP contribution in [0.5, 0.6) is 5.75 Å². The van der Waals surface area contributed by atoms with Gasteiger partial charge in [0, 0.05) is 18.8 Å². The molecule has 22 heavy (non-hydrogen) atoms. The van der Waals surface area contributed by atoms with Gasteiger partial charge in [0.05, 0.1) is 12.7 Å². The standard InChI is InChI=1S/C14H18F3N3O2/c1-3-20(7-9-8-22-13(18)19-9)10-4-5-12(21-2)11(6-10)14(15,16)17/h4-6,9H,3,7-8H2,1-2H3,(H2,18,19). The van der Waals surface area contributed by atoms with E-state index in [1.54, 1.807) is 11.0 Å². The Morgan fingerprint density at radius 1 is 1.45 bits per heavy atom. The molecule has 1 heterocycles. The lowest BCUT2D eigenvalue weighted by molar-refractivity contribution is -0.138. The van der Waals surface area contributed by atoms with Crippen LogP contribution >= 0.6 is 0 Å². The molecule has 1 aliphatic heterocycles. The highest BCUT2D eigenvalue weighted by atomic mass is 19.4. The number of alkyl halides is 3. The van der Waals surface area contributed by atoms with Crippen LogP contribution in [-0.4, -0.2) is 38.9 Å². The fourth-order valence-corrected chi connectivity index (χ4v) is 2.32.